The van der Waals surface area contributed by atoms with Gasteiger partial charge in [0.05, 0.1) is 6.42 Å². The van der Waals surface area contributed by atoms with Crippen molar-refractivity contribution < 1.29 is 4.79 Å². The second-order valence-corrected chi connectivity index (χ2v) is 7.46. The maximum Gasteiger partial charge on any atom is 0.227 e. The molecule has 2 saturated heterocycles. The van der Waals surface area contributed by atoms with E-state index in [1.54, 1.807) is 0 Å². The number of rotatable bonds is 3. The van der Waals surface area contributed by atoms with E-state index in [-0.39, 0.29) is 0 Å². The van der Waals surface area contributed by atoms with Crippen LogP contribution in [0.25, 0.3) is 11.1 Å². The predicted octanol–water partition coefficient (Wildman–Crippen LogP) is 3.61. The van der Waals surface area contributed by atoms with Crippen LogP contribution >= 0.6 is 11.8 Å². The molecule has 2 heterocycles. The SMILES string of the molecule is O=C(Cc1ccc(-c2ccccc2)cc1)N1CC2CC1CS2. The Kier molecular flexibility index (Phi) is 3.67. The van der Waals surface area contributed by atoms with Crippen LogP contribution in [0.15, 0.2) is 54.6 Å². The summed E-state index contributed by atoms with van der Waals surface area (Å²) in [7, 11) is 0. The Hall–Kier alpha value is -1.74. The van der Waals surface area contributed by atoms with Crippen LogP contribution in [0.3, 0.4) is 0 Å². The second-order valence-electron chi connectivity index (χ2n) is 6.13. The van der Waals surface area contributed by atoms with Crippen molar-refractivity contribution in [1.82, 2.24) is 4.90 Å². The van der Waals surface area contributed by atoms with E-state index in [4.69, 9.17) is 0 Å². The van der Waals surface area contributed by atoms with E-state index in [9.17, 15) is 4.79 Å². The lowest BCUT2D eigenvalue weighted by Gasteiger charge is -2.26. The molecule has 0 saturated carbocycles. The number of benzene rings is 2. The van der Waals surface area contributed by atoms with E-state index in [2.05, 4.69) is 41.3 Å². The van der Waals surface area contributed by atoms with Crippen LogP contribution < -0.4 is 0 Å². The average Bonchev–Trinajstić information content (AvgIpc) is 3.19. The first-order valence-corrected chi connectivity index (χ1v) is 8.90. The van der Waals surface area contributed by atoms with Gasteiger partial charge in [0.2, 0.25) is 5.91 Å². The van der Waals surface area contributed by atoms with Gasteiger partial charge in [0.1, 0.15) is 0 Å². The molecule has 2 nitrogen and oxygen atoms in total. The minimum Gasteiger partial charge on any atom is -0.337 e. The third-order valence-corrected chi connectivity index (χ3v) is 6.03. The molecule has 2 bridgehead atoms. The first-order chi connectivity index (χ1) is 10.8. The third-order valence-electron chi connectivity index (χ3n) is 4.64. The molecule has 112 valence electrons. The van der Waals surface area contributed by atoms with E-state index < -0.39 is 0 Å². The van der Waals surface area contributed by atoms with Crippen molar-refractivity contribution in [2.45, 2.75) is 24.1 Å². The zero-order valence-corrected chi connectivity index (χ0v) is 13.3. The number of fused-ring (bicyclic) bond motifs is 2. The summed E-state index contributed by atoms with van der Waals surface area (Å²) < 4.78 is 0. The van der Waals surface area contributed by atoms with Crippen LogP contribution in [-0.2, 0) is 11.2 Å². The molecule has 2 aliphatic heterocycles. The molecule has 2 aromatic rings. The highest BCUT2D eigenvalue weighted by atomic mass is 32.2. The minimum atomic E-state index is 0.292. The molecule has 22 heavy (non-hydrogen) atoms. The summed E-state index contributed by atoms with van der Waals surface area (Å²) in [5, 5.41) is 0.689. The largest absolute Gasteiger partial charge is 0.337 e. The minimum absolute atomic E-state index is 0.292. The van der Waals surface area contributed by atoms with Crippen molar-refractivity contribution in [3.63, 3.8) is 0 Å². The number of hydrogen-bond acceptors (Lipinski definition) is 2. The molecule has 2 aromatic carbocycles. The van der Waals surface area contributed by atoms with Gasteiger partial charge < -0.3 is 4.90 Å². The molecule has 2 aliphatic rings. The van der Waals surface area contributed by atoms with Gasteiger partial charge in [-0.15, -0.1) is 0 Å². The van der Waals surface area contributed by atoms with Crippen LogP contribution in [0.2, 0.25) is 0 Å². The fraction of sp³-hybridized carbons (Fsp3) is 0.316. The molecule has 2 atom stereocenters. The monoisotopic (exact) mass is 309 g/mol. The molecule has 0 N–H and O–H groups in total. The highest BCUT2D eigenvalue weighted by Crippen LogP contribution is 2.37. The fourth-order valence-electron chi connectivity index (χ4n) is 3.43. The van der Waals surface area contributed by atoms with E-state index in [0.717, 1.165) is 17.9 Å². The quantitative estimate of drug-likeness (QED) is 0.863. The van der Waals surface area contributed by atoms with E-state index >= 15 is 0 Å². The van der Waals surface area contributed by atoms with Crippen molar-refractivity contribution in [3.8, 4) is 11.1 Å². The standard InChI is InChI=1S/C19H19NOS/c21-19(20-12-18-11-17(20)13-22-18)10-14-6-8-16(9-7-14)15-4-2-1-3-5-15/h1-9,17-18H,10-13H2. The Morgan fingerprint density at radius 1 is 1.05 bits per heavy atom. The Bertz CT molecular complexity index is 668. The van der Waals surface area contributed by atoms with Crippen LogP contribution in [0.5, 0.6) is 0 Å². The van der Waals surface area contributed by atoms with Gasteiger partial charge in [0, 0.05) is 23.6 Å². The molecule has 0 radical (unpaired) electrons. The van der Waals surface area contributed by atoms with E-state index in [0.29, 0.717) is 23.6 Å². The summed E-state index contributed by atoms with van der Waals surface area (Å²) in [5.41, 5.74) is 3.53. The summed E-state index contributed by atoms with van der Waals surface area (Å²) in [6.07, 6.45) is 1.73. The molecule has 0 spiro atoms. The van der Waals surface area contributed by atoms with Crippen molar-refractivity contribution in [3.05, 3.63) is 60.2 Å². The highest BCUT2D eigenvalue weighted by molar-refractivity contribution is 8.00. The van der Waals surface area contributed by atoms with E-state index in [1.165, 1.54) is 17.5 Å². The number of carbonyl (C=O) groups is 1. The van der Waals surface area contributed by atoms with Gasteiger partial charge in [-0.2, -0.15) is 11.8 Å². The molecular weight excluding hydrogens is 290 g/mol. The molecule has 0 aromatic heterocycles. The number of likely N-dealkylation sites (tertiary alicyclic amines) is 1. The lowest BCUT2D eigenvalue weighted by atomic mass is 10.0. The normalized spacial score (nSPS) is 23.0. The molecule has 2 unspecified atom stereocenters. The zero-order chi connectivity index (χ0) is 14.9. The first-order valence-electron chi connectivity index (χ1n) is 7.85. The highest BCUT2D eigenvalue weighted by Gasteiger charge is 2.40. The number of carbonyl (C=O) groups excluding carboxylic acids is 1. The number of hydrogen-bond donors (Lipinski definition) is 0. The summed E-state index contributed by atoms with van der Waals surface area (Å²) in [6, 6.07) is 19.2. The smallest absolute Gasteiger partial charge is 0.227 e. The molecule has 4 rings (SSSR count). The number of amides is 1. The van der Waals surface area contributed by atoms with Crippen molar-refractivity contribution >= 4 is 17.7 Å². The first kappa shape index (κ1) is 13.9. The molecule has 1 amide bonds. The summed E-state index contributed by atoms with van der Waals surface area (Å²) in [4.78, 5) is 14.6. The van der Waals surface area contributed by atoms with Crippen LogP contribution in [0, 0.1) is 0 Å². The predicted molar refractivity (Wildman–Crippen MR) is 91.9 cm³/mol. The van der Waals surface area contributed by atoms with Gasteiger partial charge in [0.25, 0.3) is 0 Å². The number of nitrogens with zero attached hydrogens (tertiary/aromatic N) is 1. The maximum atomic E-state index is 12.5. The zero-order valence-electron chi connectivity index (χ0n) is 12.4. The summed E-state index contributed by atoms with van der Waals surface area (Å²) >= 11 is 2.03. The lowest BCUT2D eigenvalue weighted by molar-refractivity contribution is -0.130. The lowest BCUT2D eigenvalue weighted by Crippen LogP contribution is -2.40. The van der Waals surface area contributed by atoms with Gasteiger partial charge in [-0.25, -0.2) is 0 Å². The summed E-state index contributed by atoms with van der Waals surface area (Å²) in [6.45, 7) is 0.955. The average molecular weight is 309 g/mol. The summed E-state index contributed by atoms with van der Waals surface area (Å²) in [5.74, 6) is 1.42. The van der Waals surface area contributed by atoms with Gasteiger partial charge in [0.15, 0.2) is 0 Å². The van der Waals surface area contributed by atoms with Crippen molar-refractivity contribution in [2.75, 3.05) is 12.3 Å². The van der Waals surface area contributed by atoms with Crippen molar-refractivity contribution in [1.29, 1.82) is 0 Å². The molecule has 2 fully saturated rings. The molecular formula is C19H19NOS. The van der Waals surface area contributed by atoms with Crippen molar-refractivity contribution in [2.24, 2.45) is 0 Å². The van der Waals surface area contributed by atoms with Crippen LogP contribution in [0.1, 0.15) is 12.0 Å². The second kappa shape index (κ2) is 5.81. The number of thioether (sulfide) groups is 1. The van der Waals surface area contributed by atoms with Gasteiger partial charge >= 0.3 is 0 Å². The fourth-order valence-corrected chi connectivity index (χ4v) is 4.86. The molecule has 0 aliphatic carbocycles. The Morgan fingerprint density at radius 2 is 1.77 bits per heavy atom. The molecule has 3 heteroatoms. The van der Waals surface area contributed by atoms with Crippen LogP contribution in [-0.4, -0.2) is 34.4 Å². The maximum absolute atomic E-state index is 12.5. The van der Waals surface area contributed by atoms with Gasteiger partial charge in [-0.3, -0.25) is 4.79 Å². The Labute approximate surface area is 135 Å². The van der Waals surface area contributed by atoms with Gasteiger partial charge in [-0.1, -0.05) is 54.6 Å². The Balaban J connectivity index is 1.44. The van der Waals surface area contributed by atoms with E-state index in [1.807, 2.05) is 30.0 Å². The topological polar surface area (TPSA) is 20.3 Å². The van der Waals surface area contributed by atoms with Crippen LogP contribution in [0.4, 0.5) is 0 Å². The van der Waals surface area contributed by atoms with Gasteiger partial charge in [-0.05, 0) is 23.1 Å². The third kappa shape index (κ3) is 2.66. The Morgan fingerprint density at radius 3 is 2.41 bits per heavy atom.